The number of amides is 2. The molecule has 1 saturated heterocycles. The number of hydrogen-bond acceptors (Lipinski definition) is 4. The van der Waals surface area contributed by atoms with Crippen molar-refractivity contribution in [3.05, 3.63) is 0 Å². The van der Waals surface area contributed by atoms with Crippen molar-refractivity contribution < 1.29 is 24.7 Å². The van der Waals surface area contributed by atoms with Gasteiger partial charge < -0.3 is 15.1 Å². The number of aliphatic hydroxyl groups is 2. The predicted octanol–water partition coefficient (Wildman–Crippen LogP) is -3.39. The maximum Gasteiger partial charge on any atom is 0.261 e. The van der Waals surface area contributed by atoms with E-state index in [9.17, 15) is 9.59 Å². The molecule has 0 saturated carbocycles. The molecule has 0 spiro atoms. The third-order valence-electron chi connectivity index (χ3n) is 2.40. The quantitative estimate of drug-likeness (QED) is 0.429. The average Bonchev–Trinajstić information content (AvgIpc) is 2.34. The molecule has 6 heteroatoms. The standard InChI is InChI=1S/C9H16N2O4/c1-10(2)4-3-5-11-8(14)6(12)7(13)9(11)15/h6-7,12-13H,3-5H2,1-2H3/p+1/t6-,7+. The van der Waals surface area contributed by atoms with E-state index in [0.29, 0.717) is 6.42 Å². The third-order valence-corrected chi connectivity index (χ3v) is 2.40. The van der Waals surface area contributed by atoms with Crippen molar-refractivity contribution >= 4 is 11.8 Å². The first-order chi connectivity index (χ1) is 6.95. The summed E-state index contributed by atoms with van der Waals surface area (Å²) in [6.07, 6.45) is -2.49. The van der Waals surface area contributed by atoms with Gasteiger partial charge in [-0.25, -0.2) is 0 Å². The summed E-state index contributed by atoms with van der Waals surface area (Å²) in [5, 5.41) is 18.3. The SMILES string of the molecule is C[NH+](C)CCCN1C(=O)[C@@H](O)[C@@H](O)C1=O. The number of imide groups is 1. The maximum absolute atomic E-state index is 11.3. The Kier molecular flexibility index (Phi) is 3.78. The van der Waals surface area contributed by atoms with E-state index < -0.39 is 24.0 Å². The van der Waals surface area contributed by atoms with Crippen LogP contribution >= 0.6 is 0 Å². The van der Waals surface area contributed by atoms with Crippen molar-refractivity contribution in [3.63, 3.8) is 0 Å². The maximum atomic E-state index is 11.3. The lowest BCUT2D eigenvalue weighted by atomic mass is 10.2. The Balaban J connectivity index is 2.48. The summed E-state index contributed by atoms with van der Waals surface area (Å²) in [4.78, 5) is 24.7. The Morgan fingerprint density at radius 2 is 1.67 bits per heavy atom. The molecule has 86 valence electrons. The molecule has 0 aromatic rings. The third kappa shape index (κ3) is 2.53. The number of rotatable bonds is 4. The molecular formula is C9H17N2O4+. The van der Waals surface area contributed by atoms with Gasteiger partial charge in [-0.05, 0) is 0 Å². The fraction of sp³-hybridized carbons (Fsp3) is 0.778. The van der Waals surface area contributed by atoms with E-state index >= 15 is 0 Å². The molecule has 1 rings (SSSR count). The van der Waals surface area contributed by atoms with E-state index in [4.69, 9.17) is 10.2 Å². The minimum atomic E-state index is -1.58. The van der Waals surface area contributed by atoms with E-state index in [1.807, 2.05) is 14.1 Å². The molecule has 1 aliphatic rings. The lowest BCUT2D eigenvalue weighted by molar-refractivity contribution is -0.858. The second-order valence-electron chi connectivity index (χ2n) is 4.03. The van der Waals surface area contributed by atoms with Gasteiger partial charge in [0.1, 0.15) is 0 Å². The zero-order chi connectivity index (χ0) is 11.6. The molecule has 1 heterocycles. The molecule has 0 aliphatic carbocycles. The second kappa shape index (κ2) is 4.69. The molecule has 0 aromatic heterocycles. The van der Waals surface area contributed by atoms with Crippen LogP contribution in [0.25, 0.3) is 0 Å². The predicted molar refractivity (Wildman–Crippen MR) is 51.0 cm³/mol. The summed E-state index contributed by atoms with van der Waals surface area (Å²) in [6, 6.07) is 0. The van der Waals surface area contributed by atoms with E-state index in [-0.39, 0.29) is 6.54 Å². The molecule has 1 aliphatic heterocycles. The normalized spacial score (nSPS) is 26.9. The zero-order valence-electron chi connectivity index (χ0n) is 8.93. The van der Waals surface area contributed by atoms with Crippen LogP contribution in [0.2, 0.25) is 0 Å². The lowest BCUT2D eigenvalue weighted by Gasteiger charge is -2.14. The van der Waals surface area contributed by atoms with Gasteiger partial charge in [-0.1, -0.05) is 0 Å². The highest BCUT2D eigenvalue weighted by molar-refractivity contribution is 6.07. The molecule has 2 amide bonds. The number of nitrogens with zero attached hydrogens (tertiary/aromatic N) is 1. The van der Waals surface area contributed by atoms with Gasteiger partial charge in [-0.15, -0.1) is 0 Å². The number of quaternary nitrogens is 1. The van der Waals surface area contributed by atoms with Crippen molar-refractivity contribution in [1.82, 2.24) is 4.90 Å². The molecule has 2 atom stereocenters. The molecule has 1 fully saturated rings. The monoisotopic (exact) mass is 217 g/mol. The molecule has 3 N–H and O–H groups in total. The molecule has 15 heavy (non-hydrogen) atoms. The fourth-order valence-electron chi connectivity index (χ4n) is 1.51. The number of aliphatic hydroxyl groups excluding tert-OH is 2. The highest BCUT2D eigenvalue weighted by atomic mass is 16.4. The number of nitrogens with one attached hydrogen (secondary N) is 1. The number of likely N-dealkylation sites (tertiary alicyclic amines) is 1. The Morgan fingerprint density at radius 3 is 2.07 bits per heavy atom. The molecule has 0 unspecified atom stereocenters. The van der Waals surface area contributed by atoms with E-state index in [1.165, 1.54) is 4.90 Å². The van der Waals surface area contributed by atoms with Crippen LogP contribution in [0.3, 0.4) is 0 Å². The van der Waals surface area contributed by atoms with Crippen LogP contribution in [-0.2, 0) is 9.59 Å². The summed E-state index contributed by atoms with van der Waals surface area (Å²) in [5.41, 5.74) is 0. The molecule has 0 aromatic carbocycles. The smallest absolute Gasteiger partial charge is 0.261 e. The van der Waals surface area contributed by atoms with E-state index in [2.05, 4.69) is 0 Å². The summed E-state index contributed by atoms with van der Waals surface area (Å²) in [5.74, 6) is -1.39. The van der Waals surface area contributed by atoms with Crippen LogP contribution in [0.5, 0.6) is 0 Å². The van der Waals surface area contributed by atoms with Crippen LogP contribution < -0.4 is 4.90 Å². The zero-order valence-corrected chi connectivity index (χ0v) is 8.93. The van der Waals surface area contributed by atoms with Crippen LogP contribution in [0.15, 0.2) is 0 Å². The Bertz CT molecular complexity index is 247. The molecular weight excluding hydrogens is 200 g/mol. The highest BCUT2D eigenvalue weighted by Gasteiger charge is 2.45. The van der Waals surface area contributed by atoms with Crippen molar-refractivity contribution in [3.8, 4) is 0 Å². The Hall–Kier alpha value is -0.980. The first-order valence-electron chi connectivity index (χ1n) is 4.95. The van der Waals surface area contributed by atoms with Crippen LogP contribution in [0.4, 0.5) is 0 Å². The van der Waals surface area contributed by atoms with E-state index in [1.54, 1.807) is 0 Å². The average molecular weight is 217 g/mol. The van der Waals surface area contributed by atoms with Gasteiger partial charge in [0.2, 0.25) is 0 Å². The summed E-state index contributed by atoms with van der Waals surface area (Å²) in [7, 11) is 3.94. The van der Waals surface area contributed by atoms with E-state index in [0.717, 1.165) is 11.4 Å². The largest absolute Gasteiger partial charge is 0.380 e. The summed E-state index contributed by atoms with van der Waals surface area (Å²) in [6.45, 7) is 1.08. The lowest BCUT2D eigenvalue weighted by Crippen LogP contribution is -3.05. The van der Waals surface area contributed by atoms with Gasteiger partial charge in [-0.2, -0.15) is 0 Å². The highest BCUT2D eigenvalue weighted by Crippen LogP contribution is 2.13. The van der Waals surface area contributed by atoms with Gasteiger partial charge in [0.05, 0.1) is 20.6 Å². The Morgan fingerprint density at radius 1 is 1.20 bits per heavy atom. The van der Waals surface area contributed by atoms with Gasteiger partial charge in [0.15, 0.2) is 12.2 Å². The first kappa shape index (κ1) is 12.1. The van der Waals surface area contributed by atoms with Crippen molar-refractivity contribution in [1.29, 1.82) is 0 Å². The van der Waals surface area contributed by atoms with Crippen LogP contribution in [0, 0.1) is 0 Å². The van der Waals surface area contributed by atoms with Crippen molar-refractivity contribution in [2.75, 3.05) is 27.2 Å². The van der Waals surface area contributed by atoms with Gasteiger partial charge >= 0.3 is 0 Å². The second-order valence-corrected chi connectivity index (χ2v) is 4.03. The van der Waals surface area contributed by atoms with Gasteiger partial charge in [-0.3, -0.25) is 14.5 Å². The summed E-state index contributed by atoms with van der Waals surface area (Å²) >= 11 is 0. The number of carbonyl (C=O) groups excluding carboxylic acids is 2. The number of carbonyl (C=O) groups is 2. The molecule has 0 bridgehead atoms. The van der Waals surface area contributed by atoms with Crippen molar-refractivity contribution in [2.45, 2.75) is 18.6 Å². The van der Waals surface area contributed by atoms with Crippen LogP contribution in [-0.4, -0.2) is 66.3 Å². The molecule has 0 radical (unpaired) electrons. The minimum Gasteiger partial charge on any atom is -0.380 e. The van der Waals surface area contributed by atoms with Gasteiger partial charge in [0.25, 0.3) is 11.8 Å². The van der Waals surface area contributed by atoms with Gasteiger partial charge in [0, 0.05) is 13.0 Å². The Labute approximate surface area is 88.1 Å². The van der Waals surface area contributed by atoms with Crippen LogP contribution in [0.1, 0.15) is 6.42 Å². The molecule has 6 nitrogen and oxygen atoms in total. The summed E-state index contributed by atoms with van der Waals surface area (Å²) < 4.78 is 0. The fourth-order valence-corrected chi connectivity index (χ4v) is 1.51. The van der Waals surface area contributed by atoms with Crippen molar-refractivity contribution in [2.24, 2.45) is 0 Å². The number of hydrogen-bond donors (Lipinski definition) is 3. The topological polar surface area (TPSA) is 82.3 Å². The minimum absolute atomic E-state index is 0.261. The first-order valence-corrected chi connectivity index (χ1v) is 4.95.